The van der Waals surface area contributed by atoms with Crippen molar-refractivity contribution in [1.82, 2.24) is 9.88 Å². The third-order valence-electron chi connectivity index (χ3n) is 3.78. The van der Waals surface area contributed by atoms with Crippen molar-refractivity contribution in [3.8, 4) is 5.75 Å². The molecule has 0 unspecified atom stereocenters. The first-order chi connectivity index (χ1) is 10.2. The van der Waals surface area contributed by atoms with Gasteiger partial charge in [0.2, 0.25) is 0 Å². The number of piperazine rings is 1. The van der Waals surface area contributed by atoms with Gasteiger partial charge < -0.3 is 10.0 Å². The minimum absolute atomic E-state index is 0.312. The molecule has 0 spiro atoms. The molecule has 0 aliphatic carbocycles. The van der Waals surface area contributed by atoms with Crippen molar-refractivity contribution in [2.45, 2.75) is 6.54 Å². The number of pyridine rings is 1. The molecular formula is C16H18ClN3O. The summed E-state index contributed by atoms with van der Waals surface area (Å²) in [4.78, 5) is 9.00. The first-order valence-electron chi connectivity index (χ1n) is 7.08. The van der Waals surface area contributed by atoms with Crippen LogP contribution < -0.4 is 4.90 Å². The monoisotopic (exact) mass is 303 g/mol. The van der Waals surface area contributed by atoms with Crippen LogP contribution in [0.2, 0.25) is 5.02 Å². The summed E-state index contributed by atoms with van der Waals surface area (Å²) in [6.07, 6.45) is 1.83. The minimum Gasteiger partial charge on any atom is -0.508 e. The first kappa shape index (κ1) is 14.2. The van der Waals surface area contributed by atoms with Crippen molar-refractivity contribution in [3.63, 3.8) is 0 Å². The van der Waals surface area contributed by atoms with Gasteiger partial charge in [-0.05, 0) is 30.3 Å². The topological polar surface area (TPSA) is 39.6 Å². The van der Waals surface area contributed by atoms with Crippen molar-refractivity contribution in [2.75, 3.05) is 31.1 Å². The van der Waals surface area contributed by atoms with Gasteiger partial charge in [0, 0.05) is 49.5 Å². The molecule has 110 valence electrons. The summed E-state index contributed by atoms with van der Waals surface area (Å²) in [5, 5.41) is 10.6. The summed E-state index contributed by atoms with van der Waals surface area (Å²) >= 11 is 5.99. The molecule has 0 bridgehead atoms. The van der Waals surface area contributed by atoms with Crippen LogP contribution in [0.3, 0.4) is 0 Å². The van der Waals surface area contributed by atoms with Crippen LogP contribution in [0.1, 0.15) is 5.56 Å². The van der Waals surface area contributed by atoms with E-state index in [9.17, 15) is 5.11 Å². The number of aromatic hydroxyl groups is 1. The third kappa shape index (κ3) is 3.46. The molecule has 1 aliphatic rings. The van der Waals surface area contributed by atoms with Crippen molar-refractivity contribution >= 4 is 17.4 Å². The van der Waals surface area contributed by atoms with Crippen molar-refractivity contribution < 1.29 is 5.11 Å². The smallest absolute Gasteiger partial charge is 0.128 e. The number of nitrogens with zero attached hydrogens (tertiary/aromatic N) is 3. The normalized spacial score (nSPS) is 16.1. The molecule has 21 heavy (non-hydrogen) atoms. The van der Waals surface area contributed by atoms with Gasteiger partial charge in [0.25, 0.3) is 0 Å². The third-order valence-corrected chi connectivity index (χ3v) is 4.02. The largest absolute Gasteiger partial charge is 0.508 e. The second-order valence-electron chi connectivity index (χ2n) is 5.22. The van der Waals surface area contributed by atoms with Crippen LogP contribution in [0.25, 0.3) is 0 Å². The van der Waals surface area contributed by atoms with E-state index in [0.29, 0.717) is 10.8 Å². The zero-order valence-corrected chi connectivity index (χ0v) is 12.5. The van der Waals surface area contributed by atoms with E-state index in [1.165, 1.54) is 0 Å². The van der Waals surface area contributed by atoms with Gasteiger partial charge in [-0.3, -0.25) is 4.90 Å². The Morgan fingerprint density at radius 2 is 1.90 bits per heavy atom. The lowest BCUT2D eigenvalue weighted by Crippen LogP contribution is -2.46. The van der Waals surface area contributed by atoms with Gasteiger partial charge >= 0.3 is 0 Å². The number of hydrogen-bond donors (Lipinski definition) is 1. The highest BCUT2D eigenvalue weighted by Gasteiger charge is 2.18. The van der Waals surface area contributed by atoms with Crippen LogP contribution in [0.4, 0.5) is 5.82 Å². The zero-order valence-electron chi connectivity index (χ0n) is 11.7. The molecule has 4 nitrogen and oxygen atoms in total. The predicted molar refractivity (Wildman–Crippen MR) is 84.8 cm³/mol. The van der Waals surface area contributed by atoms with Crippen LogP contribution in [-0.4, -0.2) is 41.2 Å². The van der Waals surface area contributed by atoms with Crippen molar-refractivity contribution in [2.24, 2.45) is 0 Å². The fourth-order valence-corrected chi connectivity index (χ4v) is 2.79. The summed E-state index contributed by atoms with van der Waals surface area (Å²) < 4.78 is 0. The molecule has 0 saturated carbocycles. The molecule has 0 radical (unpaired) electrons. The van der Waals surface area contributed by atoms with E-state index in [2.05, 4.69) is 14.8 Å². The molecule has 1 aliphatic heterocycles. The van der Waals surface area contributed by atoms with Gasteiger partial charge in [-0.15, -0.1) is 0 Å². The lowest BCUT2D eigenvalue weighted by Gasteiger charge is -2.35. The highest BCUT2D eigenvalue weighted by molar-refractivity contribution is 6.30. The van der Waals surface area contributed by atoms with Crippen LogP contribution in [0.15, 0.2) is 42.6 Å². The number of phenolic OH excluding ortho intramolecular Hbond substituents is 1. The van der Waals surface area contributed by atoms with E-state index < -0.39 is 0 Å². The molecule has 2 aromatic rings. The maximum atomic E-state index is 9.89. The van der Waals surface area contributed by atoms with E-state index in [4.69, 9.17) is 11.6 Å². The molecule has 3 rings (SSSR count). The maximum Gasteiger partial charge on any atom is 0.128 e. The number of phenols is 1. The Kier molecular flexibility index (Phi) is 4.27. The Hall–Kier alpha value is -1.78. The van der Waals surface area contributed by atoms with Gasteiger partial charge in [-0.25, -0.2) is 4.98 Å². The lowest BCUT2D eigenvalue weighted by atomic mass is 10.1. The Labute approximate surface area is 129 Å². The molecule has 5 heteroatoms. The fourth-order valence-electron chi connectivity index (χ4n) is 2.60. The molecular weight excluding hydrogens is 286 g/mol. The number of benzene rings is 1. The Morgan fingerprint density at radius 3 is 2.62 bits per heavy atom. The average Bonchev–Trinajstić information content (AvgIpc) is 2.53. The fraction of sp³-hybridized carbons (Fsp3) is 0.312. The average molecular weight is 304 g/mol. The standard InChI is InChI=1S/C16H18ClN3O/c17-14-4-5-15(21)13(11-14)12-19-7-9-20(10-8-19)16-3-1-2-6-18-16/h1-6,11,21H,7-10,12H2. The summed E-state index contributed by atoms with van der Waals surface area (Å²) in [5.41, 5.74) is 0.883. The summed E-state index contributed by atoms with van der Waals surface area (Å²) in [5.74, 6) is 1.34. The maximum absolute atomic E-state index is 9.89. The summed E-state index contributed by atoms with van der Waals surface area (Å²) in [6.45, 7) is 4.50. The number of hydrogen-bond acceptors (Lipinski definition) is 4. The van der Waals surface area contributed by atoms with Crippen LogP contribution in [0.5, 0.6) is 5.75 Å². The predicted octanol–water partition coefficient (Wildman–Crippen LogP) is 2.76. The van der Waals surface area contributed by atoms with E-state index in [1.807, 2.05) is 30.5 Å². The number of halogens is 1. The molecule has 1 N–H and O–H groups in total. The molecule has 2 heterocycles. The highest BCUT2D eigenvalue weighted by atomic mass is 35.5. The van der Waals surface area contributed by atoms with E-state index >= 15 is 0 Å². The second-order valence-corrected chi connectivity index (χ2v) is 5.66. The van der Waals surface area contributed by atoms with Crippen LogP contribution in [-0.2, 0) is 6.54 Å². The number of aromatic nitrogens is 1. The minimum atomic E-state index is 0.312. The summed E-state index contributed by atoms with van der Waals surface area (Å²) in [6, 6.07) is 11.2. The lowest BCUT2D eigenvalue weighted by molar-refractivity contribution is 0.246. The van der Waals surface area contributed by atoms with E-state index in [-0.39, 0.29) is 0 Å². The molecule has 0 atom stereocenters. The Morgan fingerprint density at radius 1 is 1.10 bits per heavy atom. The van der Waals surface area contributed by atoms with Gasteiger partial charge in [-0.1, -0.05) is 17.7 Å². The summed E-state index contributed by atoms with van der Waals surface area (Å²) in [7, 11) is 0. The molecule has 1 aromatic carbocycles. The van der Waals surface area contributed by atoms with Gasteiger partial charge in [0.05, 0.1) is 0 Å². The zero-order chi connectivity index (χ0) is 14.7. The molecule has 1 aromatic heterocycles. The Bertz CT molecular complexity index is 598. The molecule has 0 amide bonds. The van der Waals surface area contributed by atoms with Crippen molar-refractivity contribution in [1.29, 1.82) is 0 Å². The van der Waals surface area contributed by atoms with Crippen LogP contribution in [0, 0.1) is 0 Å². The van der Waals surface area contributed by atoms with Crippen LogP contribution >= 0.6 is 11.6 Å². The quantitative estimate of drug-likeness (QED) is 0.946. The molecule has 1 saturated heterocycles. The van der Waals surface area contributed by atoms with Gasteiger partial charge in [0.15, 0.2) is 0 Å². The van der Waals surface area contributed by atoms with Gasteiger partial charge in [-0.2, -0.15) is 0 Å². The Balaban J connectivity index is 1.60. The SMILES string of the molecule is Oc1ccc(Cl)cc1CN1CCN(c2ccccn2)CC1. The highest BCUT2D eigenvalue weighted by Crippen LogP contribution is 2.23. The number of rotatable bonds is 3. The van der Waals surface area contributed by atoms with E-state index in [1.54, 1.807) is 12.1 Å². The molecule has 1 fully saturated rings. The number of anilines is 1. The second kappa shape index (κ2) is 6.33. The first-order valence-corrected chi connectivity index (χ1v) is 7.46. The van der Waals surface area contributed by atoms with Crippen molar-refractivity contribution in [3.05, 3.63) is 53.2 Å². The van der Waals surface area contributed by atoms with E-state index in [0.717, 1.165) is 44.1 Å². The van der Waals surface area contributed by atoms with Gasteiger partial charge in [0.1, 0.15) is 11.6 Å².